The lowest BCUT2D eigenvalue weighted by Gasteiger charge is -2.34. The number of hydrogen-bond acceptors (Lipinski definition) is 5. The van der Waals surface area contributed by atoms with Crippen molar-refractivity contribution in [3.63, 3.8) is 0 Å². The van der Waals surface area contributed by atoms with Crippen LogP contribution < -0.4 is 15.4 Å². The van der Waals surface area contributed by atoms with E-state index in [1.807, 2.05) is 38.3 Å². The van der Waals surface area contributed by atoms with Crippen LogP contribution >= 0.6 is 11.3 Å². The first-order valence-corrected chi connectivity index (χ1v) is 11.8. The van der Waals surface area contributed by atoms with Crippen LogP contribution in [0.5, 0.6) is 5.75 Å². The molecule has 1 aromatic heterocycles. The zero-order valence-corrected chi connectivity index (χ0v) is 19.6. The number of ether oxygens (including phenoxy) is 1. The SMILES string of the molecule is COc1ccccc1C(=O)NCC1CCC([C@@H](NC(=O)C(C)(C)C)c2nccs2)CC1. The quantitative estimate of drug-likeness (QED) is 0.656. The number of nitrogens with one attached hydrogen (secondary N) is 2. The first kappa shape index (κ1) is 23.3. The number of amides is 2. The summed E-state index contributed by atoms with van der Waals surface area (Å²) in [4.78, 5) is 29.7. The minimum absolute atomic E-state index is 0.0455. The Morgan fingerprint density at radius 3 is 2.52 bits per heavy atom. The van der Waals surface area contributed by atoms with Gasteiger partial charge in [0.2, 0.25) is 5.91 Å². The molecule has 0 unspecified atom stereocenters. The maximum atomic E-state index is 12.6. The summed E-state index contributed by atoms with van der Waals surface area (Å²) in [6.07, 6.45) is 5.84. The van der Waals surface area contributed by atoms with Crippen molar-refractivity contribution in [3.05, 3.63) is 46.4 Å². The van der Waals surface area contributed by atoms with Crippen LogP contribution in [-0.4, -0.2) is 30.5 Å². The third-order valence-electron chi connectivity index (χ3n) is 5.95. The lowest BCUT2D eigenvalue weighted by Crippen LogP contribution is -2.41. The summed E-state index contributed by atoms with van der Waals surface area (Å²) in [5.74, 6) is 1.34. The van der Waals surface area contributed by atoms with E-state index in [9.17, 15) is 9.59 Å². The molecule has 31 heavy (non-hydrogen) atoms. The van der Waals surface area contributed by atoms with Crippen LogP contribution in [0.3, 0.4) is 0 Å². The molecule has 6 nitrogen and oxygen atoms in total. The molecule has 1 fully saturated rings. The number of carbonyl (C=O) groups is 2. The molecule has 1 aliphatic rings. The minimum Gasteiger partial charge on any atom is -0.496 e. The summed E-state index contributed by atoms with van der Waals surface area (Å²) in [7, 11) is 1.57. The summed E-state index contributed by atoms with van der Waals surface area (Å²) < 4.78 is 5.29. The molecular formula is C24H33N3O3S. The van der Waals surface area contributed by atoms with Gasteiger partial charge in [-0.2, -0.15) is 0 Å². The van der Waals surface area contributed by atoms with E-state index in [0.717, 1.165) is 30.7 Å². The van der Waals surface area contributed by atoms with Crippen molar-refractivity contribution in [2.45, 2.75) is 52.5 Å². The maximum absolute atomic E-state index is 12.6. The fraction of sp³-hybridized carbons (Fsp3) is 0.542. The number of hydrogen-bond donors (Lipinski definition) is 2. The van der Waals surface area contributed by atoms with E-state index in [2.05, 4.69) is 15.6 Å². The van der Waals surface area contributed by atoms with Gasteiger partial charge < -0.3 is 15.4 Å². The van der Waals surface area contributed by atoms with E-state index < -0.39 is 5.41 Å². The topological polar surface area (TPSA) is 80.3 Å². The third-order valence-corrected chi connectivity index (χ3v) is 6.81. The molecule has 0 bridgehead atoms. The number of carbonyl (C=O) groups excluding carboxylic acids is 2. The van der Waals surface area contributed by atoms with Gasteiger partial charge in [-0.1, -0.05) is 32.9 Å². The Balaban J connectivity index is 1.56. The number of aromatic nitrogens is 1. The number of para-hydroxylation sites is 1. The Morgan fingerprint density at radius 2 is 1.90 bits per heavy atom. The molecule has 168 valence electrons. The van der Waals surface area contributed by atoms with E-state index in [-0.39, 0.29) is 17.9 Å². The molecule has 2 amide bonds. The number of benzene rings is 1. The second-order valence-electron chi connectivity index (χ2n) is 9.26. The van der Waals surface area contributed by atoms with Crippen LogP contribution in [0, 0.1) is 17.3 Å². The highest BCUT2D eigenvalue weighted by atomic mass is 32.1. The summed E-state index contributed by atoms with van der Waals surface area (Å²) in [5.41, 5.74) is 0.127. The lowest BCUT2D eigenvalue weighted by molar-refractivity contribution is -0.129. The molecule has 1 aromatic carbocycles. The summed E-state index contributed by atoms with van der Waals surface area (Å²) in [6, 6.07) is 7.23. The van der Waals surface area contributed by atoms with Gasteiger partial charge in [0.1, 0.15) is 10.8 Å². The summed E-state index contributed by atoms with van der Waals surface area (Å²) in [6.45, 7) is 6.45. The molecule has 7 heteroatoms. The molecule has 1 aliphatic carbocycles. The average Bonchev–Trinajstić information content (AvgIpc) is 3.30. The molecule has 0 spiro atoms. The van der Waals surface area contributed by atoms with Crippen molar-refractivity contribution < 1.29 is 14.3 Å². The van der Waals surface area contributed by atoms with Gasteiger partial charge in [0.05, 0.1) is 18.7 Å². The van der Waals surface area contributed by atoms with Crippen molar-refractivity contribution in [1.29, 1.82) is 0 Å². The van der Waals surface area contributed by atoms with Gasteiger partial charge in [0.25, 0.3) is 5.91 Å². The van der Waals surface area contributed by atoms with Crippen LogP contribution in [0.2, 0.25) is 0 Å². The highest BCUT2D eigenvalue weighted by molar-refractivity contribution is 7.09. The van der Waals surface area contributed by atoms with Crippen LogP contribution in [0.4, 0.5) is 0 Å². The van der Waals surface area contributed by atoms with E-state index in [1.165, 1.54) is 0 Å². The number of thiazole rings is 1. The molecular weight excluding hydrogens is 410 g/mol. The largest absolute Gasteiger partial charge is 0.496 e. The molecule has 0 saturated heterocycles. The highest BCUT2D eigenvalue weighted by Gasteiger charge is 2.33. The van der Waals surface area contributed by atoms with Crippen LogP contribution in [0.15, 0.2) is 35.8 Å². The van der Waals surface area contributed by atoms with Crippen molar-refractivity contribution in [2.75, 3.05) is 13.7 Å². The summed E-state index contributed by atoms with van der Waals surface area (Å²) >= 11 is 1.60. The number of methoxy groups -OCH3 is 1. The second-order valence-corrected chi connectivity index (χ2v) is 10.2. The average molecular weight is 444 g/mol. The Hall–Kier alpha value is -2.41. The smallest absolute Gasteiger partial charge is 0.255 e. The van der Waals surface area contributed by atoms with Crippen LogP contribution in [-0.2, 0) is 4.79 Å². The monoisotopic (exact) mass is 443 g/mol. The maximum Gasteiger partial charge on any atom is 0.255 e. The predicted molar refractivity (Wildman–Crippen MR) is 123 cm³/mol. The molecule has 1 heterocycles. The Labute approximate surface area is 188 Å². The second kappa shape index (κ2) is 10.3. The zero-order valence-electron chi connectivity index (χ0n) is 18.8. The third kappa shape index (κ3) is 6.06. The number of nitrogens with zero attached hydrogens (tertiary/aromatic N) is 1. The van der Waals surface area contributed by atoms with Crippen molar-refractivity contribution in [1.82, 2.24) is 15.6 Å². The first-order valence-electron chi connectivity index (χ1n) is 10.9. The molecule has 1 atom stereocenters. The predicted octanol–water partition coefficient (Wildman–Crippen LogP) is 4.59. The van der Waals surface area contributed by atoms with Gasteiger partial charge in [-0.25, -0.2) is 4.98 Å². The Morgan fingerprint density at radius 1 is 1.19 bits per heavy atom. The Kier molecular flexibility index (Phi) is 7.70. The normalized spacial score (nSPS) is 20.0. The van der Waals surface area contributed by atoms with Gasteiger partial charge in [0, 0.05) is 23.5 Å². The lowest BCUT2D eigenvalue weighted by atomic mass is 9.78. The van der Waals surface area contributed by atoms with Gasteiger partial charge in [-0.05, 0) is 49.7 Å². The highest BCUT2D eigenvalue weighted by Crippen LogP contribution is 2.38. The van der Waals surface area contributed by atoms with Crippen molar-refractivity contribution in [3.8, 4) is 5.75 Å². The molecule has 0 radical (unpaired) electrons. The Bertz CT molecular complexity index is 868. The van der Waals surface area contributed by atoms with Crippen molar-refractivity contribution >= 4 is 23.2 Å². The first-order chi connectivity index (χ1) is 14.8. The zero-order chi connectivity index (χ0) is 22.4. The van der Waals surface area contributed by atoms with E-state index in [4.69, 9.17) is 4.74 Å². The fourth-order valence-electron chi connectivity index (χ4n) is 4.02. The molecule has 1 saturated carbocycles. The van der Waals surface area contributed by atoms with Gasteiger partial charge in [0.15, 0.2) is 0 Å². The number of rotatable bonds is 7. The fourth-order valence-corrected chi connectivity index (χ4v) is 4.80. The van der Waals surface area contributed by atoms with E-state index in [1.54, 1.807) is 36.8 Å². The molecule has 3 rings (SSSR count). The summed E-state index contributed by atoms with van der Waals surface area (Å²) in [5, 5.41) is 9.26. The van der Waals surface area contributed by atoms with Crippen molar-refractivity contribution in [2.24, 2.45) is 17.3 Å². The van der Waals surface area contributed by atoms with Crippen LogP contribution in [0.1, 0.15) is 67.9 Å². The van der Waals surface area contributed by atoms with E-state index in [0.29, 0.717) is 29.7 Å². The van der Waals surface area contributed by atoms with Crippen LogP contribution in [0.25, 0.3) is 0 Å². The van der Waals surface area contributed by atoms with Gasteiger partial charge in [-0.15, -0.1) is 11.3 Å². The standard InChI is InChI=1S/C24H33N3O3S/c1-24(2,3)23(29)27-20(22-25-13-14-31-22)17-11-9-16(10-12-17)15-26-21(28)18-7-5-6-8-19(18)30-4/h5-8,13-14,16-17,20H,9-12,15H2,1-4H3,(H,26,28)(H,27,29)/t16?,17?,20-/m1/s1. The van der Waals surface area contributed by atoms with Gasteiger partial charge >= 0.3 is 0 Å². The minimum atomic E-state index is -0.435. The van der Waals surface area contributed by atoms with E-state index >= 15 is 0 Å². The molecule has 2 aromatic rings. The molecule has 2 N–H and O–H groups in total. The van der Waals surface area contributed by atoms with Gasteiger partial charge in [-0.3, -0.25) is 9.59 Å². The molecule has 0 aliphatic heterocycles.